The maximum atomic E-state index is 10.6. The maximum absolute atomic E-state index is 10.6. The van der Waals surface area contributed by atoms with Gasteiger partial charge in [0.2, 0.25) is 6.04 Å². The van der Waals surface area contributed by atoms with Gasteiger partial charge in [0.25, 0.3) is 0 Å². The zero-order valence-electron chi connectivity index (χ0n) is 8.19. The lowest BCUT2D eigenvalue weighted by Crippen LogP contribution is -2.27. The minimum Gasteiger partial charge on any atom is -0.264 e. The van der Waals surface area contributed by atoms with Crippen molar-refractivity contribution < 1.29 is 4.92 Å². The Labute approximate surface area is 78.7 Å². The van der Waals surface area contributed by atoms with Gasteiger partial charge in [-0.05, 0) is 6.42 Å². The first-order valence-corrected chi connectivity index (χ1v) is 4.63. The number of nitrogens with zero attached hydrogens (tertiary/aromatic N) is 2. The third-order valence-electron chi connectivity index (χ3n) is 2.19. The number of hydrogen-bond acceptors (Lipinski definition) is 3. The lowest BCUT2D eigenvalue weighted by Gasteiger charge is -2.13. The van der Waals surface area contributed by atoms with Crippen molar-refractivity contribution in [3.05, 3.63) is 10.1 Å². The first-order chi connectivity index (χ1) is 6.13. The lowest BCUT2D eigenvalue weighted by atomic mass is 9.95. The van der Waals surface area contributed by atoms with Gasteiger partial charge < -0.3 is 0 Å². The molecule has 74 valence electrons. The first kappa shape index (κ1) is 11.9. The van der Waals surface area contributed by atoms with Gasteiger partial charge in [-0.1, -0.05) is 20.3 Å². The van der Waals surface area contributed by atoms with E-state index in [1.54, 1.807) is 6.92 Å². The van der Waals surface area contributed by atoms with E-state index in [0.29, 0.717) is 6.42 Å². The van der Waals surface area contributed by atoms with Crippen LogP contribution in [0.4, 0.5) is 0 Å². The third kappa shape index (κ3) is 4.46. The highest BCUT2D eigenvalue weighted by molar-refractivity contribution is 4.77. The summed E-state index contributed by atoms with van der Waals surface area (Å²) in [5.74, 6) is -0.133. The fourth-order valence-electron chi connectivity index (χ4n) is 1.29. The van der Waals surface area contributed by atoms with Gasteiger partial charge in [-0.25, -0.2) is 0 Å². The van der Waals surface area contributed by atoms with Gasteiger partial charge in [-0.3, -0.25) is 10.1 Å². The van der Waals surface area contributed by atoms with Crippen molar-refractivity contribution >= 4 is 0 Å². The Bertz CT molecular complexity index is 198. The van der Waals surface area contributed by atoms with E-state index in [-0.39, 0.29) is 17.3 Å². The second kappa shape index (κ2) is 6.41. The monoisotopic (exact) mass is 184 g/mol. The molecule has 0 aliphatic carbocycles. The molecule has 0 saturated carbocycles. The summed E-state index contributed by atoms with van der Waals surface area (Å²) < 4.78 is 0. The van der Waals surface area contributed by atoms with Gasteiger partial charge in [0, 0.05) is 23.7 Å². The molecular formula is C9H16N2O2. The molecule has 0 saturated heterocycles. The molecule has 0 heterocycles. The minimum absolute atomic E-state index is 0.133. The summed E-state index contributed by atoms with van der Waals surface area (Å²) in [6, 6.07) is 1.43. The predicted molar refractivity (Wildman–Crippen MR) is 49.7 cm³/mol. The fourth-order valence-corrected chi connectivity index (χ4v) is 1.29. The summed E-state index contributed by atoms with van der Waals surface area (Å²) in [5, 5.41) is 19.0. The van der Waals surface area contributed by atoms with E-state index >= 15 is 0 Å². The molecule has 0 aliphatic rings. The van der Waals surface area contributed by atoms with Crippen LogP contribution in [0.2, 0.25) is 0 Å². The molecule has 0 amide bonds. The molecule has 4 nitrogen and oxygen atoms in total. The fraction of sp³-hybridized carbons (Fsp3) is 0.889. The summed E-state index contributed by atoms with van der Waals surface area (Å²) >= 11 is 0. The van der Waals surface area contributed by atoms with Crippen LogP contribution >= 0.6 is 0 Å². The van der Waals surface area contributed by atoms with E-state index in [0.717, 1.165) is 12.8 Å². The maximum Gasteiger partial charge on any atom is 0.216 e. The quantitative estimate of drug-likeness (QED) is 0.470. The van der Waals surface area contributed by atoms with Crippen LogP contribution in [0, 0.1) is 27.4 Å². The molecule has 13 heavy (non-hydrogen) atoms. The van der Waals surface area contributed by atoms with Crippen LogP contribution in [0.15, 0.2) is 0 Å². The second-order valence-electron chi connectivity index (χ2n) is 3.33. The molecule has 0 radical (unpaired) electrons. The molecule has 0 fully saturated rings. The SMILES string of the molecule is CCCCC(C(C)CC#N)[N+](=O)[O-]. The first-order valence-electron chi connectivity index (χ1n) is 4.63. The van der Waals surface area contributed by atoms with Crippen LogP contribution in [-0.4, -0.2) is 11.0 Å². The highest BCUT2D eigenvalue weighted by atomic mass is 16.6. The molecule has 0 aromatic carbocycles. The molecule has 0 N–H and O–H groups in total. The second-order valence-corrected chi connectivity index (χ2v) is 3.33. The number of nitriles is 1. The number of rotatable bonds is 6. The number of hydrogen-bond donors (Lipinski definition) is 0. The summed E-state index contributed by atoms with van der Waals surface area (Å²) in [7, 11) is 0. The van der Waals surface area contributed by atoms with Crippen molar-refractivity contribution in [1.29, 1.82) is 5.26 Å². The Balaban J connectivity index is 4.08. The zero-order chi connectivity index (χ0) is 10.3. The van der Waals surface area contributed by atoms with Crippen molar-refractivity contribution in [2.75, 3.05) is 0 Å². The molecule has 0 spiro atoms. The molecule has 0 aromatic heterocycles. The van der Waals surface area contributed by atoms with E-state index in [1.807, 2.05) is 13.0 Å². The molecule has 2 atom stereocenters. The Morgan fingerprint density at radius 2 is 2.23 bits per heavy atom. The highest BCUT2D eigenvalue weighted by Crippen LogP contribution is 2.16. The smallest absolute Gasteiger partial charge is 0.216 e. The molecule has 0 aliphatic heterocycles. The minimum atomic E-state index is -0.542. The average molecular weight is 184 g/mol. The highest BCUT2D eigenvalue weighted by Gasteiger charge is 2.26. The zero-order valence-corrected chi connectivity index (χ0v) is 8.19. The summed E-state index contributed by atoms with van der Waals surface area (Å²) in [6.45, 7) is 3.78. The van der Waals surface area contributed by atoms with Gasteiger partial charge in [-0.15, -0.1) is 0 Å². The van der Waals surface area contributed by atoms with E-state index < -0.39 is 6.04 Å². The Hall–Kier alpha value is -1.11. The van der Waals surface area contributed by atoms with Crippen LogP contribution in [-0.2, 0) is 0 Å². The summed E-state index contributed by atoms with van der Waals surface area (Å²) in [5.41, 5.74) is 0. The molecule has 0 rings (SSSR count). The van der Waals surface area contributed by atoms with E-state index in [2.05, 4.69) is 0 Å². The largest absolute Gasteiger partial charge is 0.264 e. The van der Waals surface area contributed by atoms with Gasteiger partial charge in [0.05, 0.1) is 6.07 Å². The lowest BCUT2D eigenvalue weighted by molar-refractivity contribution is -0.532. The van der Waals surface area contributed by atoms with Gasteiger partial charge in [0.15, 0.2) is 0 Å². The van der Waals surface area contributed by atoms with Crippen LogP contribution in [0.3, 0.4) is 0 Å². The molecule has 0 bridgehead atoms. The Morgan fingerprint density at radius 1 is 1.62 bits per heavy atom. The van der Waals surface area contributed by atoms with E-state index in [9.17, 15) is 10.1 Å². The van der Waals surface area contributed by atoms with Gasteiger partial charge >= 0.3 is 0 Å². The molecule has 4 heteroatoms. The van der Waals surface area contributed by atoms with Crippen LogP contribution < -0.4 is 0 Å². The predicted octanol–water partition coefficient (Wildman–Crippen LogP) is 2.37. The topological polar surface area (TPSA) is 66.9 Å². The third-order valence-corrected chi connectivity index (χ3v) is 2.19. The molecular weight excluding hydrogens is 168 g/mol. The standard InChI is InChI=1S/C9H16N2O2/c1-3-4-5-9(11(12)13)8(2)6-7-10/h8-9H,3-6H2,1-2H3. The Morgan fingerprint density at radius 3 is 2.62 bits per heavy atom. The normalized spacial score (nSPS) is 14.5. The van der Waals surface area contributed by atoms with E-state index in [4.69, 9.17) is 5.26 Å². The Kier molecular flexibility index (Phi) is 5.86. The summed E-state index contributed by atoms with van der Waals surface area (Å²) in [6.07, 6.45) is 2.69. The van der Waals surface area contributed by atoms with Crippen molar-refractivity contribution in [2.24, 2.45) is 5.92 Å². The molecule has 2 unspecified atom stereocenters. The van der Waals surface area contributed by atoms with Crippen molar-refractivity contribution in [3.63, 3.8) is 0 Å². The van der Waals surface area contributed by atoms with Crippen molar-refractivity contribution in [2.45, 2.75) is 45.6 Å². The van der Waals surface area contributed by atoms with Crippen molar-refractivity contribution in [1.82, 2.24) is 0 Å². The van der Waals surface area contributed by atoms with Gasteiger partial charge in [-0.2, -0.15) is 5.26 Å². The van der Waals surface area contributed by atoms with Crippen LogP contribution in [0.1, 0.15) is 39.5 Å². The van der Waals surface area contributed by atoms with Gasteiger partial charge in [0.1, 0.15) is 0 Å². The number of nitro groups is 1. The van der Waals surface area contributed by atoms with Crippen LogP contribution in [0.25, 0.3) is 0 Å². The molecule has 0 aromatic rings. The summed E-state index contributed by atoms with van der Waals surface area (Å²) in [4.78, 5) is 10.4. The average Bonchev–Trinajstić information content (AvgIpc) is 2.05. The van der Waals surface area contributed by atoms with E-state index in [1.165, 1.54) is 0 Å². The van der Waals surface area contributed by atoms with Crippen LogP contribution in [0.5, 0.6) is 0 Å². The number of unbranched alkanes of at least 4 members (excludes halogenated alkanes) is 1. The van der Waals surface area contributed by atoms with Crippen molar-refractivity contribution in [3.8, 4) is 6.07 Å².